The molecule has 0 aromatic carbocycles. The average Bonchev–Trinajstić information content (AvgIpc) is 2.13. The van der Waals surface area contributed by atoms with Crippen LogP contribution >= 0.6 is 0 Å². The number of H-pyrrole nitrogens is 1. The molecule has 0 saturated heterocycles. The molecule has 0 aliphatic rings. The molecule has 0 aliphatic carbocycles. The summed E-state index contributed by atoms with van der Waals surface area (Å²) in [6.45, 7) is 2.22. The Morgan fingerprint density at radius 2 is 2.40 bits per heavy atom. The van der Waals surface area contributed by atoms with Gasteiger partial charge < -0.3 is 10.3 Å². The van der Waals surface area contributed by atoms with Crippen molar-refractivity contribution in [2.75, 3.05) is 7.05 Å². The van der Waals surface area contributed by atoms with Crippen molar-refractivity contribution in [1.29, 1.82) is 0 Å². The predicted molar refractivity (Wildman–Crippen MR) is 36.0 cm³/mol. The van der Waals surface area contributed by atoms with Crippen LogP contribution in [-0.4, -0.2) is 17.0 Å². The number of hydrogen-bond donors (Lipinski definition) is 2. The maximum Gasteiger partial charge on any atom is 0.235 e. The van der Waals surface area contributed by atoms with Gasteiger partial charge in [0.15, 0.2) is 0 Å². The SMILES string of the molecule is CNCc1[nH]c(C)nc1F. The molecule has 0 fully saturated rings. The van der Waals surface area contributed by atoms with Crippen molar-refractivity contribution in [3.05, 3.63) is 17.5 Å². The van der Waals surface area contributed by atoms with E-state index >= 15 is 0 Å². The minimum atomic E-state index is -0.410. The van der Waals surface area contributed by atoms with Crippen molar-refractivity contribution in [1.82, 2.24) is 15.3 Å². The molecule has 1 heterocycles. The zero-order chi connectivity index (χ0) is 7.56. The lowest BCUT2D eigenvalue weighted by Crippen LogP contribution is -2.06. The van der Waals surface area contributed by atoms with Crippen LogP contribution < -0.4 is 5.32 Å². The molecule has 0 radical (unpaired) electrons. The number of aryl methyl sites for hydroxylation is 1. The third-order valence-electron chi connectivity index (χ3n) is 1.20. The molecule has 0 unspecified atom stereocenters. The molecule has 0 spiro atoms. The number of hydrogen-bond acceptors (Lipinski definition) is 2. The lowest BCUT2D eigenvalue weighted by molar-refractivity contribution is 0.565. The van der Waals surface area contributed by atoms with E-state index in [-0.39, 0.29) is 0 Å². The van der Waals surface area contributed by atoms with E-state index in [1.165, 1.54) is 0 Å². The van der Waals surface area contributed by atoms with Crippen LogP contribution in [0.4, 0.5) is 4.39 Å². The second-order valence-corrected chi connectivity index (χ2v) is 2.12. The lowest BCUT2D eigenvalue weighted by atomic mass is 10.5. The van der Waals surface area contributed by atoms with Gasteiger partial charge in [-0.2, -0.15) is 4.39 Å². The van der Waals surface area contributed by atoms with Gasteiger partial charge in [-0.05, 0) is 14.0 Å². The lowest BCUT2D eigenvalue weighted by Gasteiger charge is -1.92. The summed E-state index contributed by atoms with van der Waals surface area (Å²) in [5.74, 6) is 0.203. The van der Waals surface area contributed by atoms with Crippen molar-refractivity contribution >= 4 is 0 Å². The zero-order valence-electron chi connectivity index (χ0n) is 6.03. The number of rotatable bonds is 2. The molecule has 2 N–H and O–H groups in total. The highest BCUT2D eigenvalue weighted by Gasteiger charge is 2.04. The fraction of sp³-hybridized carbons (Fsp3) is 0.500. The van der Waals surface area contributed by atoms with Gasteiger partial charge >= 0.3 is 0 Å². The van der Waals surface area contributed by atoms with Gasteiger partial charge in [0.25, 0.3) is 0 Å². The van der Waals surface area contributed by atoms with Crippen LogP contribution in [0, 0.1) is 12.9 Å². The second kappa shape index (κ2) is 2.79. The number of nitrogens with zero attached hydrogens (tertiary/aromatic N) is 1. The Hall–Kier alpha value is -0.900. The van der Waals surface area contributed by atoms with Gasteiger partial charge in [-0.25, -0.2) is 4.98 Å². The molecule has 10 heavy (non-hydrogen) atoms. The Bertz CT molecular complexity index is 219. The molecule has 0 bridgehead atoms. The first-order valence-corrected chi connectivity index (χ1v) is 3.09. The monoisotopic (exact) mass is 143 g/mol. The largest absolute Gasteiger partial charge is 0.342 e. The van der Waals surface area contributed by atoms with Crippen molar-refractivity contribution in [3.63, 3.8) is 0 Å². The van der Waals surface area contributed by atoms with Gasteiger partial charge in [0.1, 0.15) is 5.82 Å². The summed E-state index contributed by atoms with van der Waals surface area (Å²) in [5, 5.41) is 2.83. The summed E-state index contributed by atoms with van der Waals surface area (Å²) in [7, 11) is 1.76. The van der Waals surface area contributed by atoms with Crippen molar-refractivity contribution < 1.29 is 4.39 Å². The fourth-order valence-electron chi connectivity index (χ4n) is 0.807. The average molecular weight is 143 g/mol. The molecule has 0 atom stereocenters. The van der Waals surface area contributed by atoms with Crippen molar-refractivity contribution in [3.8, 4) is 0 Å². The van der Waals surface area contributed by atoms with Gasteiger partial charge in [0.2, 0.25) is 5.95 Å². The number of nitrogens with one attached hydrogen (secondary N) is 2. The van der Waals surface area contributed by atoms with Crippen LogP contribution in [0.25, 0.3) is 0 Å². The van der Waals surface area contributed by atoms with E-state index < -0.39 is 5.95 Å². The molecule has 0 amide bonds. The van der Waals surface area contributed by atoms with Crippen molar-refractivity contribution in [2.45, 2.75) is 13.5 Å². The Labute approximate surface area is 58.7 Å². The first kappa shape index (κ1) is 7.21. The molecule has 1 aromatic heterocycles. The summed E-state index contributed by atoms with van der Waals surface area (Å²) in [6.07, 6.45) is 0. The van der Waals surface area contributed by atoms with Crippen LogP contribution in [0.1, 0.15) is 11.5 Å². The molecular weight excluding hydrogens is 133 g/mol. The number of halogens is 1. The normalized spacial score (nSPS) is 10.3. The Kier molecular flexibility index (Phi) is 2.01. The van der Waals surface area contributed by atoms with Gasteiger partial charge in [-0.3, -0.25) is 0 Å². The smallest absolute Gasteiger partial charge is 0.235 e. The number of imidazole rings is 1. The van der Waals surface area contributed by atoms with Crippen molar-refractivity contribution in [2.24, 2.45) is 0 Å². The molecule has 3 nitrogen and oxygen atoms in total. The van der Waals surface area contributed by atoms with E-state index in [9.17, 15) is 4.39 Å². The van der Waals surface area contributed by atoms with Gasteiger partial charge in [-0.1, -0.05) is 0 Å². The molecule has 0 saturated carbocycles. The maximum atomic E-state index is 12.6. The van der Waals surface area contributed by atoms with E-state index in [1.54, 1.807) is 14.0 Å². The molecule has 1 aromatic rings. The van der Waals surface area contributed by atoms with Gasteiger partial charge in [0, 0.05) is 6.54 Å². The first-order chi connectivity index (χ1) is 4.74. The fourth-order valence-corrected chi connectivity index (χ4v) is 0.807. The Morgan fingerprint density at radius 3 is 2.80 bits per heavy atom. The standard InChI is InChI=1S/C6H10FN3/c1-4-9-5(3-8-2)6(7)10-4/h8H,3H2,1-2H3,(H,9,10). The molecular formula is C6H10FN3. The quantitative estimate of drug-likeness (QED) is 0.635. The zero-order valence-corrected chi connectivity index (χ0v) is 6.03. The second-order valence-electron chi connectivity index (χ2n) is 2.12. The van der Waals surface area contributed by atoms with E-state index in [0.717, 1.165) is 0 Å². The summed E-state index contributed by atoms with van der Waals surface area (Å²) in [4.78, 5) is 6.36. The van der Waals surface area contributed by atoms with Gasteiger partial charge in [-0.15, -0.1) is 0 Å². The number of aromatic nitrogens is 2. The third kappa shape index (κ3) is 1.33. The summed E-state index contributed by atoms with van der Waals surface area (Å²) in [5.41, 5.74) is 0.514. The summed E-state index contributed by atoms with van der Waals surface area (Å²) < 4.78 is 12.6. The highest BCUT2D eigenvalue weighted by molar-refractivity contribution is 5.01. The van der Waals surface area contributed by atoms with Gasteiger partial charge in [0.05, 0.1) is 5.69 Å². The van der Waals surface area contributed by atoms with Crippen LogP contribution in [0.15, 0.2) is 0 Å². The summed E-state index contributed by atoms with van der Waals surface area (Å²) >= 11 is 0. The molecule has 0 aliphatic heterocycles. The van der Waals surface area contributed by atoms with E-state index in [0.29, 0.717) is 18.1 Å². The predicted octanol–water partition coefficient (Wildman–Crippen LogP) is 0.577. The number of aromatic amines is 1. The highest BCUT2D eigenvalue weighted by atomic mass is 19.1. The minimum absolute atomic E-state index is 0.410. The Morgan fingerprint density at radius 1 is 1.70 bits per heavy atom. The highest BCUT2D eigenvalue weighted by Crippen LogP contribution is 2.01. The Balaban J connectivity index is 2.81. The minimum Gasteiger partial charge on any atom is -0.342 e. The van der Waals surface area contributed by atoms with E-state index in [1.807, 2.05) is 0 Å². The summed E-state index contributed by atoms with van der Waals surface area (Å²) in [6, 6.07) is 0. The van der Waals surface area contributed by atoms with Crippen LogP contribution in [0.2, 0.25) is 0 Å². The van der Waals surface area contributed by atoms with E-state index in [4.69, 9.17) is 0 Å². The third-order valence-corrected chi connectivity index (χ3v) is 1.20. The topological polar surface area (TPSA) is 40.7 Å². The molecule has 1 rings (SSSR count). The first-order valence-electron chi connectivity index (χ1n) is 3.09. The van der Waals surface area contributed by atoms with Crippen LogP contribution in [-0.2, 0) is 6.54 Å². The maximum absolute atomic E-state index is 12.6. The van der Waals surface area contributed by atoms with Crippen LogP contribution in [0.3, 0.4) is 0 Å². The van der Waals surface area contributed by atoms with E-state index in [2.05, 4.69) is 15.3 Å². The molecule has 56 valence electrons. The molecule has 4 heteroatoms. The van der Waals surface area contributed by atoms with Crippen LogP contribution in [0.5, 0.6) is 0 Å².